The molecule has 1 aromatic heterocycles. The van der Waals surface area contributed by atoms with Crippen molar-refractivity contribution < 1.29 is 4.79 Å². The van der Waals surface area contributed by atoms with Crippen molar-refractivity contribution in [3.8, 4) is 0 Å². The molecule has 2 aliphatic rings. The Bertz CT molecular complexity index is 758. The van der Waals surface area contributed by atoms with Crippen molar-refractivity contribution in [1.29, 1.82) is 0 Å². The lowest BCUT2D eigenvalue weighted by molar-refractivity contribution is 0.0733. The predicted molar refractivity (Wildman–Crippen MR) is 85.9 cm³/mol. The molecule has 0 radical (unpaired) electrons. The number of nitrogens with one attached hydrogen (secondary N) is 1. The van der Waals surface area contributed by atoms with E-state index in [1.54, 1.807) is 6.07 Å². The van der Waals surface area contributed by atoms with E-state index in [0.717, 1.165) is 18.5 Å². The van der Waals surface area contributed by atoms with Gasteiger partial charge >= 0.3 is 0 Å². The van der Waals surface area contributed by atoms with Crippen LogP contribution in [0, 0.1) is 11.8 Å². The Morgan fingerprint density at radius 1 is 1.09 bits per heavy atom. The van der Waals surface area contributed by atoms with Crippen LogP contribution in [0.3, 0.4) is 0 Å². The molecule has 114 valence electrons. The number of rotatable bonds is 5. The van der Waals surface area contributed by atoms with Gasteiger partial charge in [-0.05, 0) is 55.0 Å². The number of hydrogen-bond acceptors (Lipinski definition) is 2. The lowest BCUT2D eigenvalue weighted by atomic mass is 10.1. The van der Waals surface area contributed by atoms with E-state index in [2.05, 4.69) is 4.98 Å². The number of aromatic amines is 1. The number of nitrogens with zero attached hydrogens (tertiary/aromatic N) is 1. The number of carbonyl (C=O) groups is 1. The molecule has 1 amide bonds. The second-order valence-corrected chi connectivity index (χ2v) is 6.70. The van der Waals surface area contributed by atoms with Gasteiger partial charge in [-0.3, -0.25) is 9.59 Å². The second kappa shape index (κ2) is 5.27. The number of pyridine rings is 1. The van der Waals surface area contributed by atoms with Gasteiger partial charge in [-0.2, -0.15) is 0 Å². The molecule has 0 aliphatic heterocycles. The van der Waals surface area contributed by atoms with Crippen LogP contribution in [-0.2, 0) is 0 Å². The molecule has 0 spiro atoms. The van der Waals surface area contributed by atoms with Gasteiger partial charge in [-0.25, -0.2) is 0 Å². The molecule has 2 aliphatic carbocycles. The molecule has 4 heteroatoms. The van der Waals surface area contributed by atoms with Gasteiger partial charge in [0.15, 0.2) is 0 Å². The highest BCUT2D eigenvalue weighted by atomic mass is 16.2. The van der Waals surface area contributed by atoms with Crippen LogP contribution in [0.4, 0.5) is 0 Å². The summed E-state index contributed by atoms with van der Waals surface area (Å²) >= 11 is 0. The van der Waals surface area contributed by atoms with E-state index in [-0.39, 0.29) is 11.5 Å². The summed E-state index contributed by atoms with van der Waals surface area (Å²) in [6.45, 7) is 1.67. The molecule has 0 bridgehead atoms. The summed E-state index contributed by atoms with van der Waals surface area (Å²) in [5.74, 6) is 1.30. The molecular formula is C18H20N2O2. The zero-order valence-electron chi connectivity index (χ0n) is 12.5. The Hall–Kier alpha value is -2.10. The smallest absolute Gasteiger partial charge is 0.270 e. The molecule has 0 saturated heterocycles. The minimum Gasteiger partial charge on any atom is -0.337 e. The Kier molecular flexibility index (Phi) is 3.25. The molecule has 2 saturated carbocycles. The van der Waals surface area contributed by atoms with Gasteiger partial charge < -0.3 is 9.88 Å². The number of hydrogen-bond donors (Lipinski definition) is 1. The summed E-state index contributed by atoms with van der Waals surface area (Å²) in [6.07, 6.45) is 4.90. The Morgan fingerprint density at radius 3 is 2.36 bits per heavy atom. The highest BCUT2D eigenvalue weighted by Gasteiger charge is 2.32. The Labute approximate surface area is 129 Å². The van der Waals surface area contributed by atoms with E-state index in [9.17, 15) is 9.59 Å². The summed E-state index contributed by atoms with van der Waals surface area (Å²) in [7, 11) is 0. The van der Waals surface area contributed by atoms with Gasteiger partial charge in [-0.15, -0.1) is 0 Å². The van der Waals surface area contributed by atoms with E-state index in [4.69, 9.17) is 0 Å². The maximum Gasteiger partial charge on any atom is 0.270 e. The van der Waals surface area contributed by atoms with E-state index in [1.807, 2.05) is 29.2 Å². The SMILES string of the molecule is O=C(c1cc2ccccc2c(=O)[nH]1)N(CC1CC1)CC1CC1. The molecule has 1 aromatic carbocycles. The maximum absolute atomic E-state index is 12.8. The summed E-state index contributed by atoms with van der Waals surface area (Å²) < 4.78 is 0. The maximum atomic E-state index is 12.8. The fraction of sp³-hybridized carbons (Fsp3) is 0.444. The van der Waals surface area contributed by atoms with Crippen molar-refractivity contribution >= 4 is 16.7 Å². The first-order valence-corrected chi connectivity index (χ1v) is 8.12. The molecule has 2 fully saturated rings. The molecule has 1 N–H and O–H groups in total. The highest BCUT2D eigenvalue weighted by Crippen LogP contribution is 2.34. The Balaban J connectivity index is 1.65. The average Bonchev–Trinajstić information content (AvgIpc) is 3.41. The van der Waals surface area contributed by atoms with Crippen LogP contribution >= 0.6 is 0 Å². The first kappa shape index (κ1) is 13.6. The molecule has 4 rings (SSSR count). The van der Waals surface area contributed by atoms with Crippen LogP contribution in [0.1, 0.15) is 36.2 Å². The fourth-order valence-corrected chi connectivity index (χ4v) is 2.96. The molecular weight excluding hydrogens is 276 g/mol. The van der Waals surface area contributed by atoms with Crippen LogP contribution < -0.4 is 5.56 Å². The second-order valence-electron chi connectivity index (χ2n) is 6.70. The monoisotopic (exact) mass is 296 g/mol. The largest absolute Gasteiger partial charge is 0.337 e. The third kappa shape index (κ3) is 2.78. The van der Waals surface area contributed by atoms with Crippen molar-refractivity contribution in [2.45, 2.75) is 25.7 Å². The standard InChI is InChI=1S/C18H20N2O2/c21-17-15-4-2-1-3-14(15)9-16(19-17)18(22)20(10-12-5-6-12)11-13-7-8-13/h1-4,9,12-13H,5-8,10-11H2,(H,19,21). The van der Waals surface area contributed by atoms with Crippen molar-refractivity contribution in [2.75, 3.05) is 13.1 Å². The lowest BCUT2D eigenvalue weighted by Gasteiger charge is -2.22. The van der Waals surface area contributed by atoms with E-state index in [0.29, 0.717) is 22.9 Å². The van der Waals surface area contributed by atoms with Gasteiger partial charge in [0, 0.05) is 18.5 Å². The summed E-state index contributed by atoms with van der Waals surface area (Å²) in [6, 6.07) is 9.21. The van der Waals surface area contributed by atoms with Crippen LogP contribution in [0.25, 0.3) is 10.8 Å². The normalized spacial score (nSPS) is 17.6. The zero-order valence-corrected chi connectivity index (χ0v) is 12.5. The number of carbonyl (C=O) groups excluding carboxylic acids is 1. The lowest BCUT2D eigenvalue weighted by Crippen LogP contribution is -2.36. The van der Waals surface area contributed by atoms with E-state index >= 15 is 0 Å². The third-order valence-electron chi connectivity index (χ3n) is 4.62. The number of H-pyrrole nitrogens is 1. The van der Waals surface area contributed by atoms with Crippen LogP contribution in [0.5, 0.6) is 0 Å². The summed E-state index contributed by atoms with van der Waals surface area (Å²) in [5, 5.41) is 1.46. The molecule has 22 heavy (non-hydrogen) atoms. The zero-order chi connectivity index (χ0) is 15.1. The van der Waals surface area contributed by atoms with Crippen molar-refractivity contribution in [1.82, 2.24) is 9.88 Å². The van der Waals surface area contributed by atoms with Crippen molar-refractivity contribution in [2.24, 2.45) is 11.8 Å². The third-order valence-corrected chi connectivity index (χ3v) is 4.62. The number of amides is 1. The summed E-state index contributed by atoms with van der Waals surface area (Å²) in [4.78, 5) is 29.7. The number of benzene rings is 1. The fourth-order valence-electron chi connectivity index (χ4n) is 2.96. The minimum atomic E-state index is -0.181. The average molecular weight is 296 g/mol. The molecule has 1 heterocycles. The van der Waals surface area contributed by atoms with Crippen molar-refractivity contribution in [3.63, 3.8) is 0 Å². The summed E-state index contributed by atoms with van der Waals surface area (Å²) in [5.41, 5.74) is 0.240. The van der Waals surface area contributed by atoms with Gasteiger partial charge in [0.2, 0.25) is 0 Å². The number of fused-ring (bicyclic) bond motifs is 1. The first-order valence-electron chi connectivity index (χ1n) is 8.12. The minimum absolute atomic E-state index is 0.0262. The van der Waals surface area contributed by atoms with Gasteiger partial charge in [-0.1, -0.05) is 18.2 Å². The quantitative estimate of drug-likeness (QED) is 0.922. The van der Waals surface area contributed by atoms with E-state index in [1.165, 1.54) is 25.7 Å². The number of aromatic nitrogens is 1. The predicted octanol–water partition coefficient (Wildman–Crippen LogP) is 2.79. The van der Waals surface area contributed by atoms with Gasteiger partial charge in [0.25, 0.3) is 11.5 Å². The topological polar surface area (TPSA) is 53.2 Å². The van der Waals surface area contributed by atoms with Crippen molar-refractivity contribution in [3.05, 3.63) is 46.4 Å². The molecule has 0 unspecified atom stereocenters. The van der Waals surface area contributed by atoms with E-state index < -0.39 is 0 Å². The van der Waals surface area contributed by atoms with Gasteiger partial charge in [0.1, 0.15) is 5.69 Å². The Morgan fingerprint density at radius 2 is 1.73 bits per heavy atom. The molecule has 0 atom stereocenters. The molecule has 4 nitrogen and oxygen atoms in total. The highest BCUT2D eigenvalue weighted by molar-refractivity contribution is 5.96. The van der Waals surface area contributed by atoms with Gasteiger partial charge in [0.05, 0.1) is 0 Å². The first-order chi connectivity index (χ1) is 10.7. The molecule has 2 aromatic rings. The van der Waals surface area contributed by atoms with Crippen LogP contribution in [0.2, 0.25) is 0 Å². The van der Waals surface area contributed by atoms with Crippen LogP contribution in [-0.4, -0.2) is 28.9 Å². The van der Waals surface area contributed by atoms with Crippen LogP contribution in [0.15, 0.2) is 35.1 Å².